The topological polar surface area (TPSA) is 12.5 Å². The molecule has 2 nitrogen and oxygen atoms in total. The number of benzene rings is 2. The summed E-state index contributed by atoms with van der Waals surface area (Å²) in [5.74, 6) is -2.03. The Kier molecular flexibility index (Phi) is 7.10. The normalized spacial score (nSPS) is 13.8. The van der Waals surface area contributed by atoms with Gasteiger partial charge >= 0.3 is 0 Å². The summed E-state index contributed by atoms with van der Waals surface area (Å²) < 4.78 is 48.9. The van der Waals surface area contributed by atoms with Crippen LogP contribution in [0.4, 0.5) is 13.2 Å². The molecule has 0 amide bonds. The van der Waals surface area contributed by atoms with Gasteiger partial charge in [0.15, 0.2) is 0 Å². The number of nitrogens with zero attached hydrogens (tertiary/aromatic N) is 1. The lowest BCUT2D eigenvalue weighted by atomic mass is 9.93. The van der Waals surface area contributed by atoms with E-state index < -0.39 is 17.5 Å². The summed E-state index contributed by atoms with van der Waals surface area (Å²) in [5, 5.41) is 0. The minimum Gasteiger partial charge on any atom is -0.497 e. The Morgan fingerprint density at radius 2 is 1.57 bits per heavy atom. The molecule has 0 N–H and O–H groups in total. The van der Waals surface area contributed by atoms with Crippen LogP contribution < -0.4 is 4.74 Å². The highest BCUT2D eigenvalue weighted by molar-refractivity contribution is 5.97. The number of allylic oxidation sites excluding steroid dienone is 3. The molecule has 0 fully saturated rings. The molecule has 1 aliphatic rings. The summed E-state index contributed by atoms with van der Waals surface area (Å²) in [6, 6.07) is 11.1. The lowest BCUT2D eigenvalue weighted by Crippen LogP contribution is -2.26. The van der Waals surface area contributed by atoms with Gasteiger partial charge in [0.05, 0.1) is 24.1 Å². The Balaban J connectivity index is 0.00000136. The molecule has 148 valence electrons. The minimum atomic E-state index is -0.785. The van der Waals surface area contributed by atoms with Crippen LogP contribution in [0.25, 0.3) is 11.3 Å². The van der Waals surface area contributed by atoms with Gasteiger partial charge in [0, 0.05) is 24.3 Å². The predicted octanol–water partition coefficient (Wildman–Crippen LogP) is 6.57. The lowest BCUT2D eigenvalue weighted by Gasteiger charge is -2.33. The van der Waals surface area contributed by atoms with Crippen LogP contribution in [-0.2, 0) is 0 Å². The van der Waals surface area contributed by atoms with Gasteiger partial charge in [-0.05, 0) is 18.6 Å². The van der Waals surface area contributed by atoms with Crippen molar-refractivity contribution in [3.8, 4) is 5.75 Å². The molecule has 0 radical (unpaired) electrons. The Morgan fingerprint density at radius 1 is 1.00 bits per heavy atom. The molecule has 2 aromatic rings. The fourth-order valence-electron chi connectivity index (χ4n) is 3.04. The van der Waals surface area contributed by atoms with E-state index in [1.165, 1.54) is 18.1 Å². The number of likely N-dealkylation sites (N-methyl/N-ethyl adjacent to an activating group) is 1. The van der Waals surface area contributed by atoms with E-state index in [0.29, 0.717) is 17.7 Å². The molecular weight excluding hydrogens is 363 g/mol. The van der Waals surface area contributed by atoms with Gasteiger partial charge in [-0.2, -0.15) is 0 Å². The molecular formula is C23H24F3NO. The van der Waals surface area contributed by atoms with Crippen LogP contribution in [-0.4, -0.2) is 18.6 Å². The van der Waals surface area contributed by atoms with Gasteiger partial charge in [0.1, 0.15) is 23.2 Å². The van der Waals surface area contributed by atoms with Crippen molar-refractivity contribution in [3.63, 3.8) is 0 Å². The standard InChI is InChI=1S/C21H18F3NO.C2H6/c1-4-25-13(2)17(22)12-16(14-8-6-5-7-9-14)21(25)20-18(23)10-15(26-3)11-19(20)24;1-2/h5-12H,2,4H2,1,3H3;1-2H3. The van der Waals surface area contributed by atoms with Gasteiger partial charge in [0.25, 0.3) is 0 Å². The van der Waals surface area contributed by atoms with E-state index in [4.69, 9.17) is 4.74 Å². The molecule has 2 aromatic carbocycles. The summed E-state index contributed by atoms with van der Waals surface area (Å²) in [4.78, 5) is 1.48. The van der Waals surface area contributed by atoms with Crippen molar-refractivity contribution in [2.24, 2.45) is 0 Å². The first kappa shape index (κ1) is 21.4. The quantitative estimate of drug-likeness (QED) is 0.588. The largest absolute Gasteiger partial charge is 0.497 e. The summed E-state index contributed by atoms with van der Waals surface area (Å²) in [5.41, 5.74) is 1.11. The van der Waals surface area contributed by atoms with Crippen molar-refractivity contribution in [1.82, 2.24) is 4.90 Å². The van der Waals surface area contributed by atoms with Crippen molar-refractivity contribution >= 4 is 11.3 Å². The second kappa shape index (κ2) is 9.31. The van der Waals surface area contributed by atoms with Gasteiger partial charge in [-0.1, -0.05) is 50.8 Å². The second-order valence-electron chi connectivity index (χ2n) is 5.78. The molecule has 5 heteroatoms. The number of ether oxygens (including phenoxy) is 1. The first-order chi connectivity index (χ1) is 13.5. The van der Waals surface area contributed by atoms with E-state index in [0.717, 1.165) is 12.1 Å². The Hall–Kier alpha value is -2.95. The van der Waals surface area contributed by atoms with E-state index in [1.807, 2.05) is 19.9 Å². The van der Waals surface area contributed by atoms with Crippen molar-refractivity contribution in [2.75, 3.05) is 13.7 Å². The molecule has 0 saturated carbocycles. The third kappa shape index (κ3) is 3.98. The van der Waals surface area contributed by atoms with Crippen molar-refractivity contribution in [1.29, 1.82) is 0 Å². The lowest BCUT2D eigenvalue weighted by molar-refractivity contribution is 0.405. The van der Waals surface area contributed by atoms with Gasteiger partial charge < -0.3 is 9.64 Å². The second-order valence-corrected chi connectivity index (χ2v) is 5.78. The average Bonchev–Trinajstić information content (AvgIpc) is 2.72. The smallest absolute Gasteiger partial charge is 0.146 e. The summed E-state index contributed by atoms with van der Waals surface area (Å²) >= 11 is 0. The maximum atomic E-state index is 14.8. The SMILES string of the molecule is C=C1C(F)=CC(c2ccccc2)=C(c2c(F)cc(OC)cc2F)N1CC.CC. The Morgan fingerprint density at radius 3 is 2.07 bits per heavy atom. The number of halogens is 3. The molecule has 0 unspecified atom stereocenters. The van der Waals surface area contributed by atoms with E-state index in [9.17, 15) is 13.2 Å². The molecule has 0 aromatic heterocycles. The highest BCUT2D eigenvalue weighted by atomic mass is 19.1. The molecule has 0 bridgehead atoms. The van der Waals surface area contributed by atoms with Crippen LogP contribution in [0.5, 0.6) is 5.75 Å². The van der Waals surface area contributed by atoms with E-state index in [1.54, 1.807) is 31.2 Å². The maximum absolute atomic E-state index is 14.8. The van der Waals surface area contributed by atoms with Crippen LogP contribution in [0.2, 0.25) is 0 Å². The Bertz CT molecular complexity index is 894. The van der Waals surface area contributed by atoms with Crippen molar-refractivity contribution < 1.29 is 17.9 Å². The molecule has 0 spiro atoms. The number of rotatable bonds is 4. The third-order valence-corrected chi connectivity index (χ3v) is 4.29. The van der Waals surface area contributed by atoms with E-state index >= 15 is 0 Å². The van der Waals surface area contributed by atoms with Crippen molar-refractivity contribution in [3.05, 3.63) is 89.4 Å². The first-order valence-corrected chi connectivity index (χ1v) is 9.15. The molecule has 0 aliphatic carbocycles. The van der Waals surface area contributed by atoms with Crippen LogP contribution >= 0.6 is 0 Å². The zero-order chi connectivity index (χ0) is 20.8. The number of methoxy groups -OCH3 is 1. The van der Waals surface area contributed by atoms with Crippen LogP contribution in [0.3, 0.4) is 0 Å². The summed E-state index contributed by atoms with van der Waals surface area (Å²) in [6.07, 6.45) is 1.27. The Labute approximate surface area is 164 Å². The molecule has 0 atom stereocenters. The van der Waals surface area contributed by atoms with Gasteiger partial charge in [-0.3, -0.25) is 0 Å². The van der Waals surface area contributed by atoms with Gasteiger partial charge in [-0.15, -0.1) is 0 Å². The molecule has 1 aliphatic heterocycles. The predicted molar refractivity (Wildman–Crippen MR) is 108 cm³/mol. The third-order valence-electron chi connectivity index (χ3n) is 4.29. The summed E-state index contributed by atoms with van der Waals surface area (Å²) in [7, 11) is 1.33. The van der Waals surface area contributed by atoms with E-state index in [-0.39, 0.29) is 22.7 Å². The van der Waals surface area contributed by atoms with Gasteiger partial charge in [0.2, 0.25) is 0 Å². The molecule has 0 saturated heterocycles. The monoisotopic (exact) mass is 387 g/mol. The minimum absolute atomic E-state index is 0.0665. The van der Waals surface area contributed by atoms with E-state index in [2.05, 4.69) is 6.58 Å². The maximum Gasteiger partial charge on any atom is 0.146 e. The highest BCUT2D eigenvalue weighted by Gasteiger charge is 2.29. The average molecular weight is 387 g/mol. The van der Waals surface area contributed by atoms with Gasteiger partial charge in [-0.25, -0.2) is 13.2 Å². The zero-order valence-corrected chi connectivity index (χ0v) is 16.5. The summed E-state index contributed by atoms with van der Waals surface area (Å²) in [6.45, 7) is 9.80. The zero-order valence-electron chi connectivity index (χ0n) is 16.5. The van der Waals surface area contributed by atoms with Crippen molar-refractivity contribution in [2.45, 2.75) is 20.8 Å². The molecule has 28 heavy (non-hydrogen) atoms. The molecule has 3 rings (SSSR count). The fraction of sp³-hybridized carbons (Fsp3) is 0.217. The van der Waals surface area contributed by atoms with Crippen LogP contribution in [0.1, 0.15) is 31.9 Å². The first-order valence-electron chi connectivity index (χ1n) is 9.15. The number of hydrogen-bond donors (Lipinski definition) is 0. The fourth-order valence-corrected chi connectivity index (χ4v) is 3.04. The highest BCUT2D eigenvalue weighted by Crippen LogP contribution is 2.41. The number of hydrogen-bond acceptors (Lipinski definition) is 2. The van der Waals surface area contributed by atoms with Crippen LogP contribution in [0.15, 0.2) is 66.6 Å². The molecule has 1 heterocycles. The van der Waals surface area contributed by atoms with Crippen LogP contribution in [0, 0.1) is 11.6 Å².